The number of hydrogen-bond donors (Lipinski definition) is 0. The first-order chi connectivity index (χ1) is 16.0. The molecule has 0 atom stereocenters. The van der Waals surface area contributed by atoms with Crippen LogP contribution in [0.15, 0.2) is 18.6 Å². The molecule has 0 radical (unpaired) electrons. The first kappa shape index (κ1) is 38.3. The molecule has 0 amide bonds. The summed E-state index contributed by atoms with van der Waals surface area (Å²) < 4.78 is 223. The summed E-state index contributed by atoms with van der Waals surface area (Å²) in [6.45, 7) is 7.09. The molecule has 0 aromatic heterocycles. The van der Waals surface area contributed by atoms with Crippen LogP contribution in [-0.4, -0.2) is 63.5 Å². The van der Waals surface area contributed by atoms with Gasteiger partial charge < -0.3 is 0 Å². The van der Waals surface area contributed by atoms with Gasteiger partial charge >= 0.3 is 47.4 Å². The molecular weight excluding hydrogens is 830 g/mol. The normalized spacial score (nSPS) is 17.3. The number of hydrogen-bond acceptors (Lipinski definition) is 0. The maximum Gasteiger partial charge on any atom is 0.385 e. The zero-order valence-corrected chi connectivity index (χ0v) is 26.3. The van der Waals surface area contributed by atoms with Crippen molar-refractivity contribution in [2.24, 2.45) is 0 Å². The van der Waals surface area contributed by atoms with Crippen molar-refractivity contribution < 1.29 is 70.2 Å². The van der Waals surface area contributed by atoms with Crippen molar-refractivity contribution in [1.29, 1.82) is 0 Å². The van der Waals surface area contributed by atoms with Crippen LogP contribution in [0.25, 0.3) is 0 Å². The van der Waals surface area contributed by atoms with Crippen LogP contribution in [0.3, 0.4) is 0 Å². The van der Waals surface area contributed by atoms with Crippen molar-refractivity contribution in [3.63, 3.8) is 0 Å². The van der Waals surface area contributed by atoms with Gasteiger partial charge in [-0.3, -0.25) is 0 Å². The standard InChI is InChI=1S/C18H20F16I2Si2/c1-37(2,3)9(35)7-11(19,20)13(23,24)15(27,28)17(31,32)18(33,34)16(29,30)14(25,26)12(21,22)8-10(36)38(4,5)6/h7-8H,1-6H3/b9-7-,10-8-. The fraction of sp³-hybridized carbons (Fsp3) is 0.778. The third-order valence-corrected chi connectivity index (χ3v) is 18.3. The van der Waals surface area contributed by atoms with Crippen molar-refractivity contribution in [3.05, 3.63) is 18.6 Å². The summed E-state index contributed by atoms with van der Waals surface area (Å²) in [5.41, 5.74) is 0. The molecular formula is C18H20F16I2Si2. The van der Waals surface area contributed by atoms with Crippen molar-refractivity contribution in [2.45, 2.75) is 86.7 Å². The smallest absolute Gasteiger partial charge is 0.195 e. The highest BCUT2D eigenvalue weighted by molar-refractivity contribution is 14.1. The van der Waals surface area contributed by atoms with E-state index >= 15 is 0 Å². The van der Waals surface area contributed by atoms with Crippen LogP contribution in [0.5, 0.6) is 0 Å². The Morgan fingerprint density at radius 2 is 0.553 bits per heavy atom. The molecule has 0 aliphatic heterocycles. The molecule has 0 spiro atoms. The average Bonchev–Trinajstić information content (AvgIpc) is 2.64. The third-order valence-electron chi connectivity index (χ3n) is 4.86. The molecule has 0 rings (SSSR count). The van der Waals surface area contributed by atoms with E-state index in [1.165, 1.54) is 39.3 Å². The quantitative estimate of drug-likeness (QED) is 0.110. The summed E-state index contributed by atoms with van der Waals surface area (Å²) in [4.78, 5) is 0. The van der Waals surface area contributed by atoms with Crippen LogP contribution >= 0.6 is 45.2 Å². The zero-order valence-electron chi connectivity index (χ0n) is 20.0. The van der Waals surface area contributed by atoms with E-state index in [9.17, 15) is 70.2 Å². The van der Waals surface area contributed by atoms with Crippen molar-refractivity contribution >= 4 is 61.3 Å². The molecule has 20 heteroatoms. The lowest BCUT2D eigenvalue weighted by Crippen LogP contribution is -2.74. The predicted octanol–water partition coefficient (Wildman–Crippen LogP) is 10.5. The van der Waals surface area contributed by atoms with E-state index in [4.69, 9.17) is 0 Å². The van der Waals surface area contributed by atoms with Gasteiger partial charge in [0.05, 0.1) is 16.1 Å². The number of allylic oxidation sites excluding steroid dienone is 2. The van der Waals surface area contributed by atoms with Gasteiger partial charge in [0, 0.05) is 0 Å². The van der Waals surface area contributed by atoms with Gasteiger partial charge in [-0.15, -0.1) is 0 Å². The lowest BCUT2D eigenvalue weighted by atomic mass is 9.87. The van der Waals surface area contributed by atoms with Gasteiger partial charge in [0.15, 0.2) is 0 Å². The molecule has 0 aliphatic rings. The maximum atomic E-state index is 14.0. The molecule has 0 saturated heterocycles. The van der Waals surface area contributed by atoms with Crippen molar-refractivity contribution in [1.82, 2.24) is 0 Å². The predicted molar refractivity (Wildman–Crippen MR) is 130 cm³/mol. The maximum absolute atomic E-state index is 14.0. The van der Waals surface area contributed by atoms with Gasteiger partial charge in [0.1, 0.15) is 0 Å². The van der Waals surface area contributed by atoms with Crippen molar-refractivity contribution in [2.75, 3.05) is 0 Å². The summed E-state index contributed by atoms with van der Waals surface area (Å²) in [5, 5.41) is 0. The molecule has 0 nitrogen and oxygen atoms in total. The molecule has 0 unspecified atom stereocenters. The first-order valence-electron chi connectivity index (χ1n) is 9.81. The van der Waals surface area contributed by atoms with E-state index < -0.39 is 82.1 Å². The molecule has 0 N–H and O–H groups in total. The van der Waals surface area contributed by atoms with Crippen molar-refractivity contribution in [3.8, 4) is 0 Å². The molecule has 38 heavy (non-hydrogen) atoms. The summed E-state index contributed by atoms with van der Waals surface area (Å²) in [6.07, 6.45) is -1.93. The van der Waals surface area contributed by atoms with Crippen LogP contribution < -0.4 is 0 Å². The second kappa shape index (κ2) is 10.5. The van der Waals surface area contributed by atoms with Gasteiger partial charge in [0.2, 0.25) is 0 Å². The van der Waals surface area contributed by atoms with Gasteiger partial charge in [-0.1, -0.05) is 84.5 Å². The van der Waals surface area contributed by atoms with Crippen LogP contribution in [0.2, 0.25) is 39.3 Å². The van der Waals surface area contributed by atoms with E-state index in [1.54, 1.807) is 0 Å². The Hall–Kier alpha value is 0.254. The van der Waals surface area contributed by atoms with E-state index in [-0.39, 0.29) is 0 Å². The third kappa shape index (κ3) is 6.20. The molecule has 226 valence electrons. The molecule has 0 saturated carbocycles. The fourth-order valence-corrected chi connectivity index (χ4v) is 4.15. The Balaban J connectivity index is 7.07. The minimum absolute atomic E-state index is 0.772. The van der Waals surface area contributed by atoms with Gasteiger partial charge in [-0.2, -0.15) is 70.2 Å². The monoisotopic (exact) mass is 850 g/mol. The zero-order chi connectivity index (χ0) is 31.6. The highest BCUT2D eigenvalue weighted by atomic mass is 127. The molecule has 0 aromatic rings. The van der Waals surface area contributed by atoms with Gasteiger partial charge in [-0.05, 0) is 18.6 Å². The fourth-order valence-electron chi connectivity index (χ4n) is 2.14. The molecule has 0 aliphatic carbocycles. The summed E-state index contributed by atoms with van der Waals surface area (Å²) in [5.74, 6) is -61.2. The minimum Gasteiger partial charge on any atom is -0.195 e. The second-order valence-corrected chi connectivity index (χ2v) is 24.6. The average molecular weight is 850 g/mol. The Kier molecular flexibility index (Phi) is 10.6. The Morgan fingerprint density at radius 3 is 0.711 bits per heavy atom. The van der Waals surface area contributed by atoms with Crippen LogP contribution in [0, 0.1) is 0 Å². The van der Waals surface area contributed by atoms with E-state index in [0.29, 0.717) is 0 Å². The molecule has 0 fully saturated rings. The summed E-state index contributed by atoms with van der Waals surface area (Å²) >= 11 is 1.90. The molecule has 0 aromatic carbocycles. The Bertz CT molecular complexity index is 867. The molecule has 0 heterocycles. The Labute approximate surface area is 235 Å². The van der Waals surface area contributed by atoms with Crippen LogP contribution in [-0.2, 0) is 0 Å². The lowest BCUT2D eigenvalue weighted by Gasteiger charge is -2.43. The number of halogens is 18. The molecule has 0 bridgehead atoms. The topological polar surface area (TPSA) is 0 Å². The second-order valence-electron chi connectivity index (χ2n) is 10.2. The Morgan fingerprint density at radius 1 is 0.395 bits per heavy atom. The number of alkyl halides is 16. The van der Waals surface area contributed by atoms with Gasteiger partial charge in [0.25, 0.3) is 0 Å². The van der Waals surface area contributed by atoms with Crippen LogP contribution in [0.1, 0.15) is 0 Å². The van der Waals surface area contributed by atoms with E-state index in [0.717, 1.165) is 45.2 Å². The lowest BCUT2D eigenvalue weighted by molar-refractivity contribution is -0.448. The highest BCUT2D eigenvalue weighted by Gasteiger charge is 2.94. The van der Waals surface area contributed by atoms with Crippen LogP contribution in [0.4, 0.5) is 70.2 Å². The van der Waals surface area contributed by atoms with E-state index in [2.05, 4.69) is 0 Å². The minimum atomic E-state index is -8.41. The summed E-state index contributed by atoms with van der Waals surface area (Å²) in [6, 6.07) is 0. The first-order valence-corrected chi connectivity index (χ1v) is 19.0. The van der Waals surface area contributed by atoms with E-state index in [1.807, 2.05) is 0 Å². The largest absolute Gasteiger partial charge is 0.385 e. The number of rotatable bonds is 11. The SMILES string of the molecule is C[Si](C)(C)/C(I)=C\C(F)(F)C(F)(F)C(F)(F)C(F)(F)C(F)(F)C(F)(F)C(F)(F)C(F)(F)/C=C(/I)[Si](C)(C)C. The highest BCUT2D eigenvalue weighted by Crippen LogP contribution is 2.64. The summed E-state index contributed by atoms with van der Waals surface area (Å²) in [7, 11) is -6.09. The van der Waals surface area contributed by atoms with Gasteiger partial charge in [-0.25, -0.2) is 0 Å².